The number of esters is 1. The Morgan fingerprint density at radius 2 is 1.83 bits per heavy atom. The van der Waals surface area contributed by atoms with Gasteiger partial charge >= 0.3 is 5.97 Å². The van der Waals surface area contributed by atoms with Crippen molar-refractivity contribution in [2.75, 3.05) is 18.1 Å². The Kier molecular flexibility index (Phi) is 9.94. The summed E-state index contributed by atoms with van der Waals surface area (Å²) in [4.78, 5) is 56.1. The van der Waals surface area contributed by atoms with Crippen molar-refractivity contribution >= 4 is 57.8 Å². The van der Waals surface area contributed by atoms with Gasteiger partial charge in [0.2, 0.25) is 0 Å². The minimum atomic E-state index is -0.970. The van der Waals surface area contributed by atoms with Gasteiger partial charge in [-0.3, -0.25) is 19.5 Å². The molecule has 2 aromatic heterocycles. The molecule has 2 atom stereocenters. The number of oxime groups is 1. The van der Waals surface area contributed by atoms with Crippen molar-refractivity contribution in [2.45, 2.75) is 17.5 Å². The molecule has 2 aromatic carbocycles. The second-order valence-corrected chi connectivity index (χ2v) is 12.4. The van der Waals surface area contributed by atoms with Gasteiger partial charge in [-0.25, -0.2) is 9.78 Å². The highest BCUT2D eigenvalue weighted by Crippen LogP contribution is 2.42. The molecule has 4 heterocycles. The highest BCUT2D eigenvalue weighted by atomic mass is 32.2. The molecule has 4 aromatic rings. The molecule has 1 saturated heterocycles. The summed E-state index contributed by atoms with van der Waals surface area (Å²) < 4.78 is 6.21. The summed E-state index contributed by atoms with van der Waals surface area (Å²) in [5.74, 6) is 0.761. The highest BCUT2D eigenvalue weighted by molar-refractivity contribution is 8.00. The van der Waals surface area contributed by atoms with E-state index >= 15 is 0 Å². The molecule has 1 fully saturated rings. The molecule has 2 aliphatic rings. The lowest BCUT2D eigenvalue weighted by Gasteiger charge is -2.49. The Morgan fingerprint density at radius 3 is 2.46 bits per heavy atom. The van der Waals surface area contributed by atoms with Gasteiger partial charge in [0, 0.05) is 23.5 Å². The van der Waals surface area contributed by atoms with Gasteiger partial charge in [0.1, 0.15) is 22.8 Å². The summed E-state index contributed by atoms with van der Waals surface area (Å²) in [7, 11) is 0. The lowest BCUT2D eigenvalue weighted by Crippen LogP contribution is -2.71. The van der Waals surface area contributed by atoms with Crippen LogP contribution in [0.3, 0.4) is 0 Å². The van der Waals surface area contributed by atoms with Crippen LogP contribution in [0.5, 0.6) is 0 Å². The second-order valence-electron chi connectivity index (χ2n) is 10.4. The first-order valence-corrected chi connectivity index (χ1v) is 16.6. The molecule has 6 rings (SSSR count). The van der Waals surface area contributed by atoms with E-state index in [0.29, 0.717) is 11.3 Å². The van der Waals surface area contributed by atoms with Crippen molar-refractivity contribution in [1.82, 2.24) is 20.2 Å². The Balaban J connectivity index is 1.30. The lowest BCUT2D eigenvalue weighted by molar-refractivity contribution is -0.154. The zero-order chi connectivity index (χ0) is 33.5. The number of nitrogens with zero attached hydrogens (tertiary/aromatic N) is 4. The van der Waals surface area contributed by atoms with E-state index in [9.17, 15) is 14.4 Å². The summed E-state index contributed by atoms with van der Waals surface area (Å²) in [5, 5.41) is 7.76. The van der Waals surface area contributed by atoms with Crippen LogP contribution in [0, 0.1) is 12.3 Å². The summed E-state index contributed by atoms with van der Waals surface area (Å²) in [5.41, 5.74) is 8.81. The number of fused-ring (bicyclic) bond motifs is 1. The number of anilines is 1. The number of β-lactam (4-membered cyclic amide) rings is 1. The second kappa shape index (κ2) is 14.8. The van der Waals surface area contributed by atoms with Gasteiger partial charge in [-0.05, 0) is 28.3 Å². The first kappa shape index (κ1) is 32.2. The normalized spacial score (nSPS) is 17.5. The van der Waals surface area contributed by atoms with Gasteiger partial charge in [-0.15, -0.1) is 29.5 Å². The number of carbonyl (C=O) groups excluding carboxylic acids is 3. The summed E-state index contributed by atoms with van der Waals surface area (Å²) in [6.45, 7) is -0.177. The van der Waals surface area contributed by atoms with Crippen LogP contribution in [0.25, 0.3) is 6.08 Å². The highest BCUT2D eigenvalue weighted by Gasteiger charge is 2.54. The predicted octanol–water partition coefficient (Wildman–Crippen LogP) is 4.17. The van der Waals surface area contributed by atoms with Gasteiger partial charge in [-0.2, -0.15) is 0 Å². The van der Waals surface area contributed by atoms with Crippen molar-refractivity contribution in [3.05, 3.63) is 130 Å². The smallest absolute Gasteiger partial charge is 0.356 e. The Labute approximate surface area is 284 Å². The third-order valence-electron chi connectivity index (χ3n) is 7.35. The number of thioether (sulfide) groups is 1. The molecule has 240 valence electrons. The number of allylic oxidation sites excluding steroid dienone is 1. The Morgan fingerprint density at radius 1 is 1.10 bits per heavy atom. The molecule has 0 spiro atoms. The van der Waals surface area contributed by atoms with E-state index in [1.54, 1.807) is 29.9 Å². The van der Waals surface area contributed by atoms with Gasteiger partial charge < -0.3 is 20.6 Å². The van der Waals surface area contributed by atoms with Crippen molar-refractivity contribution in [2.24, 2.45) is 5.16 Å². The number of nitrogens with one attached hydrogen (secondary N) is 1. The number of nitrogens with two attached hydrogens (primary N) is 1. The monoisotopic (exact) mass is 676 g/mol. The number of benzene rings is 2. The summed E-state index contributed by atoms with van der Waals surface area (Å²) >= 11 is 2.52. The number of hydrogen-bond acceptors (Lipinski definition) is 11. The molecule has 11 nitrogen and oxygen atoms in total. The minimum absolute atomic E-state index is 0.102. The number of amides is 2. The molecule has 0 radical (unpaired) electrons. The van der Waals surface area contributed by atoms with Crippen molar-refractivity contribution < 1.29 is 24.0 Å². The molecule has 13 heteroatoms. The average molecular weight is 677 g/mol. The fraction of sp³-hybridized carbons (Fsp3) is 0.143. The van der Waals surface area contributed by atoms with Crippen LogP contribution in [0.15, 0.2) is 113 Å². The van der Waals surface area contributed by atoms with E-state index in [2.05, 4.69) is 26.4 Å². The SMILES string of the molecule is C#CCON=C(C(=O)NC1C(=O)N2C(C(=O)OC(c3ccccc3)c3ccccc3)=C(C=Cc3cccnc3)CS[C@H]12)c1csc(N)n1. The van der Waals surface area contributed by atoms with E-state index in [0.717, 1.165) is 28.0 Å². The number of carbonyl (C=O) groups is 3. The van der Waals surface area contributed by atoms with Crippen molar-refractivity contribution in [1.29, 1.82) is 0 Å². The van der Waals surface area contributed by atoms with Crippen LogP contribution in [0.2, 0.25) is 0 Å². The molecule has 3 N–H and O–H groups in total. The van der Waals surface area contributed by atoms with E-state index < -0.39 is 35.3 Å². The number of rotatable bonds is 11. The summed E-state index contributed by atoms with van der Waals surface area (Å²) in [6.07, 6.45) is 11.5. The summed E-state index contributed by atoms with van der Waals surface area (Å²) in [6, 6.07) is 21.5. The van der Waals surface area contributed by atoms with Crippen LogP contribution >= 0.6 is 23.1 Å². The van der Waals surface area contributed by atoms with Gasteiger partial charge in [-0.1, -0.05) is 90.0 Å². The first-order chi connectivity index (χ1) is 23.4. The van der Waals surface area contributed by atoms with Crippen LogP contribution in [0.4, 0.5) is 5.13 Å². The number of thiazole rings is 1. The first-order valence-electron chi connectivity index (χ1n) is 14.7. The molecule has 0 aliphatic carbocycles. The van der Waals surface area contributed by atoms with Gasteiger partial charge in [0.15, 0.2) is 23.6 Å². The number of ether oxygens (including phenoxy) is 1. The van der Waals surface area contributed by atoms with Crippen LogP contribution in [0.1, 0.15) is 28.5 Å². The zero-order valence-electron chi connectivity index (χ0n) is 25.3. The van der Waals surface area contributed by atoms with Crippen LogP contribution in [-0.4, -0.2) is 62.1 Å². The third kappa shape index (κ3) is 7.00. The molecule has 0 saturated carbocycles. The number of terminal acetylenes is 1. The van der Waals surface area contributed by atoms with Crippen LogP contribution in [-0.2, 0) is 24.0 Å². The van der Waals surface area contributed by atoms with Crippen molar-refractivity contribution in [3.63, 3.8) is 0 Å². The maximum Gasteiger partial charge on any atom is 0.356 e. The molecule has 2 amide bonds. The average Bonchev–Trinajstić information content (AvgIpc) is 3.56. The largest absolute Gasteiger partial charge is 0.448 e. The minimum Gasteiger partial charge on any atom is -0.448 e. The van der Waals surface area contributed by atoms with E-state index in [4.69, 9.17) is 21.7 Å². The number of hydrogen-bond donors (Lipinski definition) is 2. The Hall–Kier alpha value is -5.71. The number of aromatic nitrogens is 2. The van der Waals surface area contributed by atoms with Crippen LogP contribution < -0.4 is 11.1 Å². The third-order valence-corrected chi connectivity index (χ3v) is 9.33. The fourth-order valence-electron chi connectivity index (χ4n) is 5.12. The van der Waals surface area contributed by atoms with E-state index in [1.165, 1.54) is 16.7 Å². The lowest BCUT2D eigenvalue weighted by atomic mass is 10.00. The molecule has 2 aliphatic heterocycles. The molecule has 0 bridgehead atoms. The molecule has 1 unspecified atom stereocenters. The van der Waals surface area contributed by atoms with E-state index in [-0.39, 0.29) is 28.8 Å². The van der Waals surface area contributed by atoms with Gasteiger partial charge in [0.05, 0.1) is 0 Å². The molecule has 48 heavy (non-hydrogen) atoms. The van der Waals surface area contributed by atoms with Crippen molar-refractivity contribution in [3.8, 4) is 12.3 Å². The topological polar surface area (TPSA) is 149 Å². The zero-order valence-corrected chi connectivity index (χ0v) is 26.9. The Bertz CT molecular complexity index is 1900. The fourth-order valence-corrected chi connectivity index (χ4v) is 6.99. The number of pyridine rings is 1. The molecular weight excluding hydrogens is 649 g/mol. The predicted molar refractivity (Wildman–Crippen MR) is 184 cm³/mol. The maximum absolute atomic E-state index is 14.2. The number of nitrogen functional groups attached to an aromatic ring is 1. The standard InChI is InChI=1S/C35H28N6O5S2/c1-2-18-45-40-27(26-21-48-35(36)38-26)31(42)39-28-32(43)41-29(25(20-47-33(28)41)16-15-22-10-9-17-37-19-22)34(44)46-30(23-11-5-3-6-12-23)24-13-7-4-8-14-24/h1,3-17,19,21,28,30,33H,18,20H2,(H2,36,38)(H,39,42)/t28?,33-/m1/s1. The maximum atomic E-state index is 14.2. The quantitative estimate of drug-likeness (QED) is 0.0596. The van der Waals surface area contributed by atoms with E-state index in [1.807, 2.05) is 72.8 Å². The van der Waals surface area contributed by atoms with Gasteiger partial charge in [0.25, 0.3) is 11.8 Å². The molecular formula is C35H28N6O5S2.